The van der Waals surface area contributed by atoms with Gasteiger partial charge in [0.2, 0.25) is 0 Å². The first-order chi connectivity index (χ1) is 12.7. The minimum absolute atomic E-state index is 0.117. The van der Waals surface area contributed by atoms with E-state index in [0.717, 1.165) is 6.07 Å². The molecule has 0 unspecified atom stereocenters. The number of sulfonamides is 1. The van der Waals surface area contributed by atoms with Gasteiger partial charge >= 0.3 is 0 Å². The Kier molecular flexibility index (Phi) is 6.32. The van der Waals surface area contributed by atoms with Crippen molar-refractivity contribution in [2.75, 3.05) is 17.9 Å². The molecule has 2 rings (SSSR count). The summed E-state index contributed by atoms with van der Waals surface area (Å²) >= 11 is 0. The molecule has 0 aliphatic heterocycles. The van der Waals surface area contributed by atoms with E-state index in [9.17, 15) is 18.3 Å². The van der Waals surface area contributed by atoms with Gasteiger partial charge in [-0.15, -0.1) is 0 Å². The fraction of sp³-hybridized carbons (Fsp3) is 0.316. The van der Waals surface area contributed by atoms with Gasteiger partial charge in [-0.05, 0) is 68.7 Å². The number of nitrogens with one attached hydrogen (secondary N) is 1. The molecule has 0 aliphatic rings. The Morgan fingerprint density at radius 2 is 1.67 bits per heavy atom. The third-order valence-electron chi connectivity index (χ3n) is 3.94. The van der Waals surface area contributed by atoms with Crippen molar-refractivity contribution in [1.82, 2.24) is 0 Å². The highest BCUT2D eigenvalue weighted by molar-refractivity contribution is 7.92. The third kappa shape index (κ3) is 4.71. The van der Waals surface area contributed by atoms with Crippen LogP contribution < -0.4 is 19.3 Å². The van der Waals surface area contributed by atoms with Crippen molar-refractivity contribution in [3.05, 3.63) is 47.0 Å². The molecule has 0 aliphatic carbocycles. The Morgan fingerprint density at radius 1 is 1.04 bits per heavy atom. The summed E-state index contributed by atoms with van der Waals surface area (Å²) in [5.74, 6) is -0.515. The topological polar surface area (TPSA) is 105 Å². The van der Waals surface area contributed by atoms with Gasteiger partial charge in [0.15, 0.2) is 11.5 Å². The lowest BCUT2D eigenvalue weighted by Gasteiger charge is -2.16. The van der Waals surface area contributed by atoms with Crippen molar-refractivity contribution in [1.29, 1.82) is 0 Å². The molecule has 0 saturated heterocycles. The number of carbonyl (C=O) groups is 1. The first-order valence-corrected chi connectivity index (χ1v) is 9.93. The van der Waals surface area contributed by atoms with Crippen molar-refractivity contribution >= 4 is 21.7 Å². The maximum absolute atomic E-state index is 12.8. The van der Waals surface area contributed by atoms with Crippen molar-refractivity contribution in [2.45, 2.75) is 32.6 Å². The Bertz CT molecular complexity index is 953. The molecule has 0 amide bonds. The van der Waals surface area contributed by atoms with E-state index in [0.29, 0.717) is 35.8 Å². The number of carboxylic acid groups (broad SMARTS) is 1. The molecule has 8 heteroatoms. The number of rotatable bonds is 8. The third-order valence-corrected chi connectivity index (χ3v) is 5.45. The van der Waals surface area contributed by atoms with E-state index in [1.807, 2.05) is 13.8 Å². The molecule has 2 aromatic rings. The lowest BCUT2D eigenvalue weighted by molar-refractivity contribution is -0.255. The molecule has 0 saturated carbocycles. The van der Waals surface area contributed by atoms with E-state index in [1.54, 1.807) is 26.0 Å². The molecule has 0 radical (unpaired) electrons. The smallest absolute Gasteiger partial charge is 0.262 e. The number of carbonyl (C=O) groups excluding carboxylic acids is 1. The zero-order valence-electron chi connectivity index (χ0n) is 15.7. The van der Waals surface area contributed by atoms with Gasteiger partial charge in [0.1, 0.15) is 0 Å². The molecule has 7 nitrogen and oxygen atoms in total. The summed E-state index contributed by atoms with van der Waals surface area (Å²) in [6.45, 7) is 7.74. The standard InChI is InChI=1S/C19H23NO6S/c1-5-25-16-8-7-15(11-17(16)26-6-2)20-27(23,24)18-10-14(19(21)22)9-12(3)13(18)4/h7-11,20H,5-6H2,1-4H3,(H,21,22)/p-1. The van der Waals surface area contributed by atoms with E-state index in [-0.39, 0.29) is 16.1 Å². The molecule has 0 fully saturated rings. The fourth-order valence-electron chi connectivity index (χ4n) is 2.55. The molecule has 0 atom stereocenters. The number of ether oxygens (including phenoxy) is 2. The number of aromatic carboxylic acids is 1. The second-order valence-electron chi connectivity index (χ2n) is 5.84. The highest BCUT2D eigenvalue weighted by Crippen LogP contribution is 2.32. The highest BCUT2D eigenvalue weighted by Gasteiger charge is 2.20. The van der Waals surface area contributed by atoms with Crippen LogP contribution in [-0.4, -0.2) is 27.6 Å². The van der Waals surface area contributed by atoms with Gasteiger partial charge in [-0.1, -0.05) is 0 Å². The molecule has 0 spiro atoms. The average Bonchev–Trinajstić information content (AvgIpc) is 2.59. The maximum atomic E-state index is 12.8. The second kappa shape index (κ2) is 8.30. The Hall–Kier alpha value is -2.74. The SMILES string of the molecule is CCOc1ccc(NS(=O)(=O)c2cc(C(=O)[O-])cc(C)c2C)cc1OCC. The average molecular weight is 392 g/mol. The summed E-state index contributed by atoms with van der Waals surface area (Å²) in [5, 5.41) is 11.2. The van der Waals surface area contributed by atoms with Crippen LogP contribution in [0.4, 0.5) is 5.69 Å². The predicted octanol–water partition coefficient (Wildman–Crippen LogP) is 2.27. The first-order valence-electron chi connectivity index (χ1n) is 8.44. The van der Waals surface area contributed by atoms with Gasteiger partial charge in [-0.25, -0.2) is 8.42 Å². The molecule has 146 valence electrons. The molecule has 0 bridgehead atoms. The van der Waals surface area contributed by atoms with Gasteiger partial charge in [0.25, 0.3) is 10.0 Å². The van der Waals surface area contributed by atoms with E-state index in [4.69, 9.17) is 9.47 Å². The normalized spacial score (nSPS) is 11.1. The van der Waals surface area contributed by atoms with Gasteiger partial charge in [0.05, 0.1) is 29.8 Å². The number of hydrogen-bond acceptors (Lipinski definition) is 6. The minimum Gasteiger partial charge on any atom is -0.545 e. The zero-order chi connectivity index (χ0) is 20.2. The number of hydrogen-bond donors (Lipinski definition) is 1. The molecule has 1 N–H and O–H groups in total. The van der Waals surface area contributed by atoms with Crippen LogP contribution in [0.1, 0.15) is 35.3 Å². The maximum Gasteiger partial charge on any atom is 0.262 e. The largest absolute Gasteiger partial charge is 0.545 e. The number of carboxylic acids is 1. The molecule has 0 heterocycles. The minimum atomic E-state index is -4.02. The van der Waals surface area contributed by atoms with Gasteiger partial charge in [-0.2, -0.15) is 0 Å². The Balaban J connectivity index is 2.45. The summed E-state index contributed by atoms with van der Waals surface area (Å²) in [4.78, 5) is 11.0. The monoisotopic (exact) mass is 392 g/mol. The fourth-order valence-corrected chi connectivity index (χ4v) is 3.94. The number of aryl methyl sites for hydroxylation is 1. The van der Waals surface area contributed by atoms with Crippen LogP contribution in [0.3, 0.4) is 0 Å². The summed E-state index contributed by atoms with van der Waals surface area (Å²) < 4.78 is 39.1. The van der Waals surface area contributed by atoms with Crippen LogP contribution in [0.15, 0.2) is 35.2 Å². The molecular weight excluding hydrogens is 370 g/mol. The van der Waals surface area contributed by atoms with E-state index >= 15 is 0 Å². The van der Waals surface area contributed by atoms with Crippen molar-refractivity contribution in [2.24, 2.45) is 0 Å². The van der Waals surface area contributed by atoms with Crippen LogP contribution >= 0.6 is 0 Å². The van der Waals surface area contributed by atoms with Crippen molar-refractivity contribution < 1.29 is 27.8 Å². The lowest BCUT2D eigenvalue weighted by atomic mass is 10.1. The van der Waals surface area contributed by atoms with Crippen LogP contribution in [-0.2, 0) is 10.0 Å². The van der Waals surface area contributed by atoms with Crippen LogP contribution in [0, 0.1) is 13.8 Å². The summed E-state index contributed by atoms with van der Waals surface area (Å²) in [7, 11) is -4.02. The number of benzene rings is 2. The van der Waals surface area contributed by atoms with Gasteiger partial charge < -0.3 is 19.4 Å². The van der Waals surface area contributed by atoms with Crippen LogP contribution in [0.5, 0.6) is 11.5 Å². The first kappa shape index (κ1) is 20.6. The Morgan fingerprint density at radius 3 is 2.26 bits per heavy atom. The van der Waals surface area contributed by atoms with Gasteiger partial charge in [0, 0.05) is 6.07 Å². The summed E-state index contributed by atoms with van der Waals surface area (Å²) in [5.41, 5.74) is 1.08. The van der Waals surface area contributed by atoms with Crippen LogP contribution in [0.25, 0.3) is 0 Å². The van der Waals surface area contributed by atoms with Crippen molar-refractivity contribution in [3.63, 3.8) is 0 Å². The van der Waals surface area contributed by atoms with E-state index < -0.39 is 16.0 Å². The zero-order valence-corrected chi connectivity index (χ0v) is 16.5. The van der Waals surface area contributed by atoms with Crippen molar-refractivity contribution in [3.8, 4) is 11.5 Å². The quantitative estimate of drug-likeness (QED) is 0.739. The molecular formula is C19H22NO6S-. The summed E-state index contributed by atoms with van der Waals surface area (Å²) in [6, 6.07) is 7.17. The Labute approximate surface area is 159 Å². The summed E-state index contributed by atoms with van der Waals surface area (Å²) in [6.07, 6.45) is 0. The van der Waals surface area contributed by atoms with E-state index in [1.165, 1.54) is 12.1 Å². The predicted molar refractivity (Wildman–Crippen MR) is 99.8 cm³/mol. The van der Waals surface area contributed by atoms with Crippen LogP contribution in [0.2, 0.25) is 0 Å². The molecule has 0 aromatic heterocycles. The number of anilines is 1. The lowest BCUT2D eigenvalue weighted by Crippen LogP contribution is -2.24. The second-order valence-corrected chi connectivity index (χ2v) is 7.49. The molecule has 2 aromatic carbocycles. The highest BCUT2D eigenvalue weighted by atomic mass is 32.2. The van der Waals surface area contributed by atoms with Gasteiger partial charge in [-0.3, -0.25) is 4.72 Å². The molecule has 27 heavy (non-hydrogen) atoms. The van der Waals surface area contributed by atoms with E-state index in [2.05, 4.69) is 4.72 Å².